The number of ketones is 1. The van der Waals surface area contributed by atoms with Gasteiger partial charge in [-0.2, -0.15) is 18.3 Å². The van der Waals surface area contributed by atoms with Gasteiger partial charge in [-0.1, -0.05) is 23.2 Å². The minimum Gasteiger partial charge on any atom is -0.371 e. The molecule has 25 heavy (non-hydrogen) atoms. The zero-order chi connectivity index (χ0) is 19.1. The van der Waals surface area contributed by atoms with Gasteiger partial charge in [0.15, 0.2) is 11.6 Å². The summed E-state index contributed by atoms with van der Waals surface area (Å²) in [6, 6.07) is 0.627. The SMILES string of the molecule is CNc1n[nH]c(-c2c(Cl)cc(C(F)(F)F)c(C(C)=O)c2Cl)c1S(C)=O. The van der Waals surface area contributed by atoms with Crippen LogP contribution in [0, 0.1) is 0 Å². The van der Waals surface area contributed by atoms with Crippen molar-refractivity contribution in [3.05, 3.63) is 27.2 Å². The predicted octanol–water partition coefficient (Wildman–Crippen LogP) is 4.38. The molecule has 0 aliphatic carbocycles. The molecule has 1 unspecified atom stereocenters. The number of nitrogens with zero attached hydrogens (tertiary/aromatic N) is 1. The van der Waals surface area contributed by atoms with E-state index in [2.05, 4.69) is 15.5 Å². The number of rotatable bonds is 4. The molecule has 0 saturated carbocycles. The lowest BCUT2D eigenvalue weighted by molar-refractivity contribution is -0.137. The van der Waals surface area contributed by atoms with E-state index in [0.29, 0.717) is 6.07 Å². The van der Waals surface area contributed by atoms with E-state index in [1.54, 1.807) is 0 Å². The number of H-pyrrole nitrogens is 1. The maximum atomic E-state index is 13.2. The third kappa shape index (κ3) is 3.54. The summed E-state index contributed by atoms with van der Waals surface area (Å²) in [6.45, 7) is 0.971. The molecule has 1 aromatic carbocycles. The molecular formula is C14H12Cl2F3N3O2S. The summed E-state index contributed by atoms with van der Waals surface area (Å²) in [7, 11) is -0.0233. The van der Waals surface area contributed by atoms with Crippen LogP contribution in [0.4, 0.5) is 19.0 Å². The Kier molecular flexibility index (Phi) is 5.50. The summed E-state index contributed by atoms with van der Waals surface area (Å²) < 4.78 is 51.7. The Labute approximate surface area is 153 Å². The monoisotopic (exact) mass is 413 g/mol. The average molecular weight is 414 g/mol. The third-order valence-electron chi connectivity index (χ3n) is 3.37. The minimum atomic E-state index is -4.81. The molecule has 0 aliphatic rings. The minimum absolute atomic E-state index is 0.0688. The maximum absolute atomic E-state index is 13.2. The Morgan fingerprint density at radius 2 is 1.96 bits per heavy atom. The van der Waals surface area contributed by atoms with Crippen LogP contribution in [0.1, 0.15) is 22.8 Å². The van der Waals surface area contributed by atoms with E-state index in [1.165, 1.54) is 13.3 Å². The van der Waals surface area contributed by atoms with E-state index < -0.39 is 38.9 Å². The standard InChI is InChI=1S/C14H12Cl2F3N3O2S/c1-5(23)8-6(14(17,18)19)4-7(15)9(10(8)16)11-12(25(3)24)13(20-2)22-21-11/h4H,1-3H3,(H2,20,21,22). The fourth-order valence-corrected chi connectivity index (χ4v) is 4.00. The van der Waals surface area contributed by atoms with Gasteiger partial charge in [-0.25, -0.2) is 0 Å². The zero-order valence-corrected chi connectivity index (χ0v) is 15.5. The van der Waals surface area contributed by atoms with Gasteiger partial charge in [-0.15, -0.1) is 0 Å². The summed E-state index contributed by atoms with van der Waals surface area (Å²) in [5.74, 6) is -0.644. The number of Topliss-reactive ketones (excluding diaryl/α,β-unsaturated/α-hetero) is 1. The molecule has 2 rings (SSSR count). The number of anilines is 1. The van der Waals surface area contributed by atoms with Gasteiger partial charge in [0.25, 0.3) is 0 Å². The van der Waals surface area contributed by atoms with Crippen LogP contribution in [0.5, 0.6) is 0 Å². The summed E-state index contributed by atoms with van der Waals surface area (Å²) in [5.41, 5.74) is -1.93. The summed E-state index contributed by atoms with van der Waals surface area (Å²) >= 11 is 12.1. The van der Waals surface area contributed by atoms with Crippen molar-refractivity contribution in [2.45, 2.75) is 18.0 Å². The topological polar surface area (TPSA) is 74.8 Å². The van der Waals surface area contributed by atoms with Crippen molar-refractivity contribution in [1.29, 1.82) is 0 Å². The lowest BCUT2D eigenvalue weighted by Gasteiger charge is -2.17. The first-order valence-electron chi connectivity index (χ1n) is 6.70. The van der Waals surface area contributed by atoms with Crippen molar-refractivity contribution in [3.63, 3.8) is 0 Å². The molecule has 0 spiro atoms. The molecule has 0 amide bonds. The Morgan fingerprint density at radius 1 is 1.36 bits per heavy atom. The first kappa shape index (κ1) is 19.7. The molecule has 1 aromatic heterocycles. The fraction of sp³-hybridized carbons (Fsp3) is 0.286. The molecule has 11 heteroatoms. The third-order valence-corrected chi connectivity index (χ3v) is 5.02. The highest BCUT2D eigenvalue weighted by Gasteiger charge is 2.38. The Morgan fingerprint density at radius 3 is 2.40 bits per heavy atom. The largest absolute Gasteiger partial charge is 0.417 e. The van der Waals surface area contributed by atoms with Crippen LogP contribution in [0.2, 0.25) is 10.0 Å². The number of carbonyl (C=O) groups excluding carboxylic acids is 1. The second-order valence-electron chi connectivity index (χ2n) is 5.00. The molecule has 1 heterocycles. The predicted molar refractivity (Wildman–Crippen MR) is 90.9 cm³/mol. The van der Waals surface area contributed by atoms with Crippen LogP contribution in [-0.4, -0.2) is 33.5 Å². The number of alkyl halides is 3. The molecule has 2 N–H and O–H groups in total. The Hall–Kier alpha value is -1.58. The molecule has 5 nitrogen and oxygen atoms in total. The van der Waals surface area contributed by atoms with Gasteiger partial charge in [0, 0.05) is 24.4 Å². The summed E-state index contributed by atoms with van der Waals surface area (Å²) in [4.78, 5) is 12.0. The van der Waals surface area contributed by atoms with Gasteiger partial charge in [-0.3, -0.25) is 14.1 Å². The summed E-state index contributed by atoms with van der Waals surface area (Å²) in [6.07, 6.45) is -3.44. The quantitative estimate of drug-likeness (QED) is 0.729. The Bertz CT molecular complexity index is 881. The number of aromatic nitrogens is 2. The number of nitrogens with one attached hydrogen (secondary N) is 2. The van der Waals surface area contributed by atoms with Crippen molar-refractivity contribution >= 4 is 45.6 Å². The molecule has 2 aromatic rings. The van der Waals surface area contributed by atoms with E-state index in [4.69, 9.17) is 23.2 Å². The molecule has 0 aliphatic heterocycles. The molecule has 0 radical (unpaired) electrons. The first-order chi connectivity index (χ1) is 11.5. The first-order valence-corrected chi connectivity index (χ1v) is 9.02. The number of hydrogen-bond acceptors (Lipinski definition) is 4. The van der Waals surface area contributed by atoms with E-state index in [9.17, 15) is 22.2 Å². The smallest absolute Gasteiger partial charge is 0.371 e. The number of benzene rings is 1. The van der Waals surface area contributed by atoms with Crippen molar-refractivity contribution in [3.8, 4) is 11.3 Å². The fourth-order valence-electron chi connectivity index (χ4n) is 2.37. The normalized spacial score (nSPS) is 13.0. The molecule has 0 fully saturated rings. The van der Waals surface area contributed by atoms with Gasteiger partial charge < -0.3 is 5.32 Å². The summed E-state index contributed by atoms with van der Waals surface area (Å²) in [5, 5.41) is 8.35. The highest BCUT2D eigenvalue weighted by molar-refractivity contribution is 7.84. The van der Waals surface area contributed by atoms with E-state index in [-0.39, 0.29) is 27.0 Å². The van der Waals surface area contributed by atoms with Gasteiger partial charge >= 0.3 is 6.18 Å². The molecular weight excluding hydrogens is 402 g/mol. The zero-order valence-electron chi connectivity index (χ0n) is 13.1. The van der Waals surface area contributed by atoms with Crippen molar-refractivity contribution in [2.75, 3.05) is 18.6 Å². The van der Waals surface area contributed by atoms with Crippen LogP contribution in [0.25, 0.3) is 11.3 Å². The number of halogens is 5. The van der Waals surface area contributed by atoms with Crippen LogP contribution >= 0.6 is 23.2 Å². The lowest BCUT2D eigenvalue weighted by atomic mass is 9.98. The highest BCUT2D eigenvalue weighted by Crippen LogP contribution is 2.45. The van der Waals surface area contributed by atoms with Crippen molar-refractivity contribution < 1.29 is 22.2 Å². The van der Waals surface area contributed by atoms with E-state index >= 15 is 0 Å². The second-order valence-corrected chi connectivity index (χ2v) is 7.11. The lowest BCUT2D eigenvalue weighted by Crippen LogP contribution is -2.13. The number of aromatic amines is 1. The van der Waals surface area contributed by atoms with Crippen molar-refractivity contribution in [2.24, 2.45) is 0 Å². The van der Waals surface area contributed by atoms with Crippen LogP contribution in [0.3, 0.4) is 0 Å². The molecule has 1 atom stereocenters. The van der Waals surface area contributed by atoms with Crippen LogP contribution in [0.15, 0.2) is 11.0 Å². The van der Waals surface area contributed by atoms with E-state index in [1.807, 2.05) is 0 Å². The van der Waals surface area contributed by atoms with Gasteiger partial charge in [-0.05, 0) is 13.0 Å². The van der Waals surface area contributed by atoms with Gasteiger partial charge in [0.2, 0.25) is 0 Å². The van der Waals surface area contributed by atoms with Gasteiger partial charge in [0.05, 0.1) is 32.1 Å². The molecule has 0 bridgehead atoms. The maximum Gasteiger partial charge on any atom is 0.417 e. The van der Waals surface area contributed by atoms with Crippen molar-refractivity contribution in [1.82, 2.24) is 10.2 Å². The molecule has 0 saturated heterocycles. The van der Waals surface area contributed by atoms with Crippen LogP contribution in [-0.2, 0) is 17.0 Å². The molecule has 136 valence electrons. The van der Waals surface area contributed by atoms with Gasteiger partial charge in [0.1, 0.15) is 4.90 Å². The van der Waals surface area contributed by atoms with E-state index in [0.717, 1.165) is 6.92 Å². The Balaban J connectivity index is 2.90. The number of hydrogen-bond donors (Lipinski definition) is 2. The average Bonchev–Trinajstić information content (AvgIpc) is 2.89. The second kappa shape index (κ2) is 6.97. The number of carbonyl (C=O) groups is 1. The van der Waals surface area contributed by atoms with Crippen LogP contribution < -0.4 is 5.32 Å². The highest BCUT2D eigenvalue weighted by atomic mass is 35.5.